The molecule has 0 spiro atoms. The molecule has 1 aromatic carbocycles. The predicted molar refractivity (Wildman–Crippen MR) is 70.2 cm³/mol. The van der Waals surface area contributed by atoms with E-state index in [1.165, 1.54) is 20.0 Å². The normalized spacial score (nSPS) is 11.8. The van der Waals surface area contributed by atoms with Crippen molar-refractivity contribution in [1.82, 2.24) is 4.31 Å². The zero-order valence-electron chi connectivity index (χ0n) is 10.5. The van der Waals surface area contributed by atoms with Crippen LogP contribution >= 0.6 is 0 Å². The van der Waals surface area contributed by atoms with Crippen LogP contribution in [0.4, 0.5) is 10.1 Å². The van der Waals surface area contributed by atoms with Crippen LogP contribution in [-0.2, 0) is 10.0 Å². The lowest BCUT2D eigenvalue weighted by Crippen LogP contribution is -2.28. The number of rotatable bonds is 5. The van der Waals surface area contributed by atoms with Crippen molar-refractivity contribution >= 4 is 15.7 Å². The summed E-state index contributed by atoms with van der Waals surface area (Å²) < 4.78 is 38.9. The largest absolute Gasteiger partial charge is 0.398 e. The second-order valence-corrected chi connectivity index (χ2v) is 6.07. The number of benzene rings is 1. The fraction of sp³-hybridized carbons (Fsp3) is 0.333. The van der Waals surface area contributed by atoms with Crippen LogP contribution in [0.15, 0.2) is 29.7 Å². The number of halogens is 1. The van der Waals surface area contributed by atoms with Crippen LogP contribution in [0.5, 0.6) is 0 Å². The van der Waals surface area contributed by atoms with Crippen LogP contribution in [0.25, 0.3) is 0 Å². The van der Waals surface area contributed by atoms with Gasteiger partial charge in [0.05, 0.1) is 4.90 Å². The van der Waals surface area contributed by atoms with E-state index >= 15 is 0 Å². The highest BCUT2D eigenvalue weighted by Crippen LogP contribution is 2.23. The first kappa shape index (κ1) is 14.7. The monoisotopic (exact) mass is 272 g/mol. The van der Waals surface area contributed by atoms with E-state index in [0.29, 0.717) is 13.0 Å². The minimum Gasteiger partial charge on any atom is -0.398 e. The minimum atomic E-state index is -3.71. The second-order valence-electron chi connectivity index (χ2n) is 4.02. The van der Waals surface area contributed by atoms with Crippen molar-refractivity contribution in [1.29, 1.82) is 0 Å². The van der Waals surface area contributed by atoms with E-state index in [2.05, 4.69) is 6.58 Å². The Labute approximate surface area is 107 Å². The van der Waals surface area contributed by atoms with Gasteiger partial charge in [0.2, 0.25) is 10.0 Å². The summed E-state index contributed by atoms with van der Waals surface area (Å²) in [6.07, 6.45) is 2.15. The molecule has 1 rings (SSSR count). The summed E-state index contributed by atoms with van der Waals surface area (Å²) in [5.74, 6) is -0.620. The maximum Gasteiger partial charge on any atom is 0.243 e. The molecule has 0 unspecified atom stereocenters. The molecule has 6 heteroatoms. The molecule has 0 aromatic heterocycles. The standard InChI is InChI=1S/C12H17FN2O2S/c1-4-5-6-15(3)18(16,17)10-7-11(13)9(2)12(14)8-10/h4,7-8H,1,5-6,14H2,2-3H3. The molecule has 0 radical (unpaired) electrons. The van der Waals surface area contributed by atoms with Gasteiger partial charge in [0.15, 0.2) is 0 Å². The van der Waals surface area contributed by atoms with Crippen molar-refractivity contribution in [2.45, 2.75) is 18.2 Å². The summed E-state index contributed by atoms with van der Waals surface area (Å²) in [7, 11) is -2.27. The third kappa shape index (κ3) is 2.88. The Bertz CT molecular complexity index is 532. The SMILES string of the molecule is C=CCCN(C)S(=O)(=O)c1cc(N)c(C)c(F)c1. The zero-order valence-corrected chi connectivity index (χ0v) is 11.3. The Morgan fingerprint density at radius 3 is 2.61 bits per heavy atom. The second kappa shape index (κ2) is 5.49. The molecule has 0 amide bonds. The lowest BCUT2D eigenvalue weighted by Gasteiger charge is -2.17. The van der Waals surface area contributed by atoms with Gasteiger partial charge in [-0.1, -0.05) is 6.08 Å². The van der Waals surface area contributed by atoms with Gasteiger partial charge < -0.3 is 5.73 Å². The van der Waals surface area contributed by atoms with Gasteiger partial charge in [-0.05, 0) is 25.5 Å². The quantitative estimate of drug-likeness (QED) is 0.658. The average molecular weight is 272 g/mol. The Kier molecular flexibility index (Phi) is 4.48. The number of anilines is 1. The number of nitrogens with zero attached hydrogens (tertiary/aromatic N) is 1. The molecular weight excluding hydrogens is 255 g/mol. The van der Waals surface area contributed by atoms with E-state index < -0.39 is 15.8 Å². The van der Waals surface area contributed by atoms with Crippen LogP contribution in [0, 0.1) is 12.7 Å². The Morgan fingerprint density at radius 1 is 1.50 bits per heavy atom. The zero-order chi connectivity index (χ0) is 13.9. The predicted octanol–water partition coefficient (Wildman–Crippen LogP) is 1.91. The number of nitrogens with two attached hydrogens (primary N) is 1. The molecule has 0 saturated heterocycles. The fourth-order valence-electron chi connectivity index (χ4n) is 1.40. The van der Waals surface area contributed by atoms with Gasteiger partial charge >= 0.3 is 0 Å². The van der Waals surface area contributed by atoms with Crippen LogP contribution in [0.1, 0.15) is 12.0 Å². The van der Waals surface area contributed by atoms with Gasteiger partial charge in [0.25, 0.3) is 0 Å². The highest BCUT2D eigenvalue weighted by molar-refractivity contribution is 7.89. The molecular formula is C12H17FN2O2S. The van der Waals surface area contributed by atoms with Crippen molar-refractivity contribution in [3.63, 3.8) is 0 Å². The molecule has 1 aromatic rings. The van der Waals surface area contributed by atoms with Gasteiger partial charge in [-0.25, -0.2) is 17.1 Å². The van der Waals surface area contributed by atoms with Gasteiger partial charge in [0.1, 0.15) is 5.82 Å². The molecule has 0 aliphatic rings. The summed E-state index contributed by atoms with van der Waals surface area (Å²) in [5, 5.41) is 0. The summed E-state index contributed by atoms with van der Waals surface area (Å²) in [6, 6.07) is 2.27. The minimum absolute atomic E-state index is 0.130. The molecule has 0 aliphatic heterocycles. The van der Waals surface area contributed by atoms with Crippen molar-refractivity contribution in [3.05, 3.63) is 36.2 Å². The lowest BCUT2D eigenvalue weighted by molar-refractivity contribution is 0.474. The van der Waals surface area contributed by atoms with Crippen LogP contribution in [0.2, 0.25) is 0 Å². The molecule has 0 saturated carbocycles. The topological polar surface area (TPSA) is 63.4 Å². The first-order valence-electron chi connectivity index (χ1n) is 5.43. The van der Waals surface area contributed by atoms with E-state index in [1.54, 1.807) is 6.08 Å². The molecule has 0 bridgehead atoms. The van der Waals surface area contributed by atoms with E-state index in [-0.39, 0.29) is 16.1 Å². The van der Waals surface area contributed by atoms with Gasteiger partial charge in [0, 0.05) is 24.8 Å². The molecule has 2 N–H and O–H groups in total. The summed E-state index contributed by atoms with van der Waals surface area (Å²) >= 11 is 0. The molecule has 18 heavy (non-hydrogen) atoms. The molecule has 0 atom stereocenters. The average Bonchev–Trinajstić information content (AvgIpc) is 2.32. The van der Waals surface area contributed by atoms with E-state index in [0.717, 1.165) is 10.4 Å². The van der Waals surface area contributed by atoms with Gasteiger partial charge in [-0.15, -0.1) is 6.58 Å². The first-order chi connectivity index (χ1) is 8.30. The number of hydrogen-bond donors (Lipinski definition) is 1. The van der Waals surface area contributed by atoms with Crippen LogP contribution < -0.4 is 5.73 Å². The third-order valence-electron chi connectivity index (χ3n) is 2.71. The van der Waals surface area contributed by atoms with E-state index in [4.69, 9.17) is 5.73 Å². The maximum absolute atomic E-state index is 13.5. The lowest BCUT2D eigenvalue weighted by atomic mass is 10.2. The maximum atomic E-state index is 13.5. The number of nitrogen functional groups attached to an aromatic ring is 1. The summed E-state index contributed by atoms with van der Waals surface area (Å²) in [5.41, 5.74) is 5.96. The van der Waals surface area contributed by atoms with Crippen molar-refractivity contribution < 1.29 is 12.8 Å². The Hall–Kier alpha value is -1.40. The highest BCUT2D eigenvalue weighted by atomic mass is 32.2. The fourth-order valence-corrected chi connectivity index (χ4v) is 2.63. The third-order valence-corrected chi connectivity index (χ3v) is 4.55. The molecule has 4 nitrogen and oxygen atoms in total. The van der Waals surface area contributed by atoms with E-state index in [9.17, 15) is 12.8 Å². The molecule has 0 fully saturated rings. The van der Waals surface area contributed by atoms with Crippen molar-refractivity contribution in [3.8, 4) is 0 Å². The Morgan fingerprint density at radius 2 is 2.11 bits per heavy atom. The summed E-state index contributed by atoms with van der Waals surface area (Å²) in [6.45, 7) is 5.32. The van der Waals surface area contributed by atoms with Crippen LogP contribution in [-0.4, -0.2) is 26.3 Å². The van der Waals surface area contributed by atoms with E-state index in [1.807, 2.05) is 0 Å². The number of sulfonamides is 1. The van der Waals surface area contributed by atoms with Crippen molar-refractivity contribution in [2.75, 3.05) is 19.3 Å². The van der Waals surface area contributed by atoms with Gasteiger partial charge in [-0.3, -0.25) is 0 Å². The van der Waals surface area contributed by atoms with Gasteiger partial charge in [-0.2, -0.15) is 0 Å². The Balaban J connectivity index is 3.16. The van der Waals surface area contributed by atoms with Crippen LogP contribution in [0.3, 0.4) is 0 Å². The molecule has 0 heterocycles. The smallest absolute Gasteiger partial charge is 0.243 e. The van der Waals surface area contributed by atoms with Crippen molar-refractivity contribution in [2.24, 2.45) is 0 Å². The number of hydrogen-bond acceptors (Lipinski definition) is 3. The summed E-state index contributed by atoms with van der Waals surface area (Å²) in [4.78, 5) is -0.130. The molecule has 0 aliphatic carbocycles. The molecule has 100 valence electrons. The highest BCUT2D eigenvalue weighted by Gasteiger charge is 2.22. The first-order valence-corrected chi connectivity index (χ1v) is 6.87.